The summed E-state index contributed by atoms with van der Waals surface area (Å²) in [6.07, 6.45) is 3.00. The predicted molar refractivity (Wildman–Crippen MR) is 103 cm³/mol. The highest BCUT2D eigenvalue weighted by atomic mass is 32.2. The van der Waals surface area contributed by atoms with Gasteiger partial charge in [0.05, 0.1) is 11.3 Å². The molecule has 0 bridgehead atoms. The molecule has 0 saturated heterocycles. The Balaban J connectivity index is 1.79. The first-order chi connectivity index (χ1) is 11.7. The molecule has 2 aromatic carbocycles. The van der Waals surface area contributed by atoms with Gasteiger partial charge < -0.3 is 9.30 Å². The second-order valence-corrected chi connectivity index (χ2v) is 7.40. The molecule has 24 heavy (non-hydrogen) atoms. The fraction of sp³-hybridized carbons (Fsp3) is 0.238. The number of fused-ring (bicyclic) bond motifs is 3. The van der Waals surface area contributed by atoms with Gasteiger partial charge in [0.25, 0.3) is 0 Å². The average molecular weight is 335 g/mol. The fourth-order valence-electron chi connectivity index (χ4n) is 3.34. The number of aromatic nitrogens is 1. The van der Waals surface area contributed by atoms with Gasteiger partial charge in [-0.3, -0.25) is 0 Å². The van der Waals surface area contributed by atoms with Crippen molar-refractivity contribution in [3.8, 4) is 5.75 Å². The number of para-hydroxylation sites is 1. The minimum atomic E-state index is 0.947. The van der Waals surface area contributed by atoms with Crippen LogP contribution in [0.3, 0.4) is 0 Å². The molecule has 1 aromatic heterocycles. The lowest BCUT2D eigenvalue weighted by molar-refractivity contribution is 0.477. The molecule has 3 heteroatoms. The van der Waals surface area contributed by atoms with E-state index in [9.17, 15) is 0 Å². The SMILES string of the molecule is Cc1cccc(O/C=C2\CCSc3c2c2ccccc2n3C)c1C. The number of ether oxygens (including phenoxy) is 1. The van der Waals surface area contributed by atoms with Crippen LogP contribution in [-0.2, 0) is 7.05 Å². The van der Waals surface area contributed by atoms with Crippen LogP contribution in [0, 0.1) is 13.8 Å². The lowest BCUT2D eigenvalue weighted by atomic mass is 10.0. The van der Waals surface area contributed by atoms with E-state index in [4.69, 9.17) is 4.74 Å². The van der Waals surface area contributed by atoms with E-state index in [1.54, 1.807) is 0 Å². The summed E-state index contributed by atoms with van der Waals surface area (Å²) in [5.74, 6) is 2.04. The van der Waals surface area contributed by atoms with Crippen LogP contribution in [-0.4, -0.2) is 10.3 Å². The number of nitrogens with zero attached hydrogens (tertiary/aromatic N) is 1. The van der Waals surface area contributed by atoms with Gasteiger partial charge in [-0.05, 0) is 49.1 Å². The van der Waals surface area contributed by atoms with E-state index in [1.807, 2.05) is 24.1 Å². The first-order valence-electron chi connectivity index (χ1n) is 8.29. The van der Waals surface area contributed by atoms with E-state index in [0.717, 1.165) is 17.9 Å². The Labute approximate surface area is 147 Å². The summed E-state index contributed by atoms with van der Waals surface area (Å²) in [6, 6.07) is 14.8. The molecule has 122 valence electrons. The number of rotatable bonds is 2. The molecule has 0 fully saturated rings. The van der Waals surface area contributed by atoms with Gasteiger partial charge in [0.2, 0.25) is 0 Å². The van der Waals surface area contributed by atoms with Crippen molar-refractivity contribution in [3.63, 3.8) is 0 Å². The van der Waals surface area contributed by atoms with E-state index in [2.05, 4.69) is 61.9 Å². The van der Waals surface area contributed by atoms with Crippen LogP contribution >= 0.6 is 11.8 Å². The van der Waals surface area contributed by atoms with Crippen LogP contribution in [0.4, 0.5) is 0 Å². The van der Waals surface area contributed by atoms with Crippen molar-refractivity contribution in [2.45, 2.75) is 25.3 Å². The van der Waals surface area contributed by atoms with Gasteiger partial charge in [-0.15, -0.1) is 11.8 Å². The lowest BCUT2D eigenvalue weighted by Crippen LogP contribution is -2.01. The maximum Gasteiger partial charge on any atom is 0.129 e. The zero-order valence-corrected chi connectivity index (χ0v) is 15.1. The maximum absolute atomic E-state index is 6.09. The monoisotopic (exact) mass is 335 g/mol. The molecule has 0 aliphatic carbocycles. The summed E-state index contributed by atoms with van der Waals surface area (Å²) >= 11 is 1.94. The second-order valence-electron chi connectivity index (χ2n) is 6.31. The molecule has 0 atom stereocenters. The van der Waals surface area contributed by atoms with Gasteiger partial charge in [0.1, 0.15) is 5.75 Å². The Hall–Kier alpha value is -2.13. The van der Waals surface area contributed by atoms with Crippen LogP contribution in [0.1, 0.15) is 23.1 Å². The number of aryl methyl sites for hydroxylation is 2. The highest BCUT2D eigenvalue weighted by Gasteiger charge is 2.22. The third kappa shape index (κ3) is 2.44. The van der Waals surface area contributed by atoms with Crippen LogP contribution in [0.25, 0.3) is 16.5 Å². The molecular weight excluding hydrogens is 314 g/mol. The number of benzene rings is 2. The standard InChI is InChI=1S/C21H21NOS/c1-14-7-6-10-19(15(14)2)23-13-16-11-12-24-21-20(16)17-8-4-5-9-18(17)22(21)3/h4-10,13H,11-12H2,1-3H3/b16-13+. The van der Waals surface area contributed by atoms with Gasteiger partial charge in [0.15, 0.2) is 0 Å². The summed E-state index contributed by atoms with van der Waals surface area (Å²) in [7, 11) is 2.16. The third-order valence-corrected chi connectivity index (χ3v) is 6.03. The molecule has 0 saturated carbocycles. The van der Waals surface area contributed by atoms with Gasteiger partial charge in [-0.2, -0.15) is 0 Å². The number of hydrogen-bond donors (Lipinski definition) is 0. The molecule has 1 aliphatic heterocycles. The van der Waals surface area contributed by atoms with E-state index < -0.39 is 0 Å². The minimum absolute atomic E-state index is 0.947. The molecule has 3 aromatic rings. The van der Waals surface area contributed by atoms with Crippen molar-refractivity contribution < 1.29 is 4.74 Å². The quantitative estimate of drug-likeness (QED) is 0.557. The fourth-order valence-corrected chi connectivity index (χ4v) is 4.53. The van der Waals surface area contributed by atoms with E-state index in [0.29, 0.717) is 0 Å². The largest absolute Gasteiger partial charge is 0.464 e. The number of allylic oxidation sites excluding steroid dienone is 1. The summed E-state index contributed by atoms with van der Waals surface area (Å²) in [5, 5.41) is 2.66. The predicted octanol–water partition coefficient (Wildman–Crippen LogP) is 5.71. The molecule has 0 radical (unpaired) electrons. The molecule has 2 nitrogen and oxygen atoms in total. The van der Waals surface area contributed by atoms with Crippen LogP contribution < -0.4 is 4.74 Å². The van der Waals surface area contributed by atoms with Crippen LogP contribution in [0.15, 0.2) is 53.8 Å². The Bertz CT molecular complexity index is 952. The highest BCUT2D eigenvalue weighted by molar-refractivity contribution is 7.99. The van der Waals surface area contributed by atoms with Gasteiger partial charge in [-0.25, -0.2) is 0 Å². The molecule has 0 amide bonds. The van der Waals surface area contributed by atoms with Crippen molar-refractivity contribution in [2.24, 2.45) is 7.05 Å². The lowest BCUT2D eigenvalue weighted by Gasteiger charge is -2.17. The van der Waals surface area contributed by atoms with Gasteiger partial charge in [0, 0.05) is 29.3 Å². The summed E-state index contributed by atoms with van der Waals surface area (Å²) in [5.41, 5.74) is 6.39. The minimum Gasteiger partial charge on any atom is -0.464 e. The van der Waals surface area contributed by atoms with Crippen molar-refractivity contribution in [1.82, 2.24) is 4.57 Å². The van der Waals surface area contributed by atoms with Crippen LogP contribution in [0.5, 0.6) is 5.75 Å². The summed E-state index contributed by atoms with van der Waals surface area (Å²) in [4.78, 5) is 0. The Kier molecular flexibility index (Phi) is 3.89. The molecule has 0 N–H and O–H groups in total. The Morgan fingerprint density at radius 1 is 1.08 bits per heavy atom. The van der Waals surface area contributed by atoms with Crippen molar-refractivity contribution >= 4 is 28.2 Å². The molecule has 2 heterocycles. The van der Waals surface area contributed by atoms with Crippen LogP contribution in [0.2, 0.25) is 0 Å². The van der Waals surface area contributed by atoms with E-state index >= 15 is 0 Å². The number of hydrogen-bond acceptors (Lipinski definition) is 2. The first kappa shape index (κ1) is 15.4. The van der Waals surface area contributed by atoms with Crippen molar-refractivity contribution in [1.29, 1.82) is 0 Å². The molecular formula is C21H21NOS. The summed E-state index contributed by atoms with van der Waals surface area (Å²) in [6.45, 7) is 4.23. The zero-order valence-electron chi connectivity index (χ0n) is 14.3. The van der Waals surface area contributed by atoms with Crippen molar-refractivity contribution in [3.05, 3.63) is 65.4 Å². The average Bonchev–Trinajstić information content (AvgIpc) is 2.90. The molecule has 0 spiro atoms. The molecule has 1 aliphatic rings. The third-order valence-electron chi connectivity index (χ3n) is 4.87. The smallest absolute Gasteiger partial charge is 0.129 e. The Morgan fingerprint density at radius 2 is 1.92 bits per heavy atom. The van der Waals surface area contributed by atoms with Crippen molar-refractivity contribution in [2.75, 3.05) is 5.75 Å². The Morgan fingerprint density at radius 3 is 2.79 bits per heavy atom. The normalized spacial score (nSPS) is 15.7. The maximum atomic E-state index is 6.09. The summed E-state index contributed by atoms with van der Waals surface area (Å²) < 4.78 is 8.40. The van der Waals surface area contributed by atoms with Gasteiger partial charge in [-0.1, -0.05) is 30.3 Å². The van der Waals surface area contributed by atoms with Gasteiger partial charge >= 0.3 is 0 Å². The molecule has 0 unspecified atom stereocenters. The number of thioether (sulfide) groups is 1. The van der Waals surface area contributed by atoms with E-state index in [-0.39, 0.29) is 0 Å². The topological polar surface area (TPSA) is 14.2 Å². The first-order valence-corrected chi connectivity index (χ1v) is 9.28. The van der Waals surface area contributed by atoms with E-state index in [1.165, 1.54) is 38.2 Å². The molecule has 4 rings (SSSR count). The zero-order chi connectivity index (χ0) is 16.7. The second kappa shape index (κ2) is 6.06. The highest BCUT2D eigenvalue weighted by Crippen LogP contribution is 2.43.